The van der Waals surface area contributed by atoms with E-state index in [1.807, 2.05) is 62.3 Å². The van der Waals surface area contributed by atoms with Gasteiger partial charge in [-0.25, -0.2) is 43.1 Å². The van der Waals surface area contributed by atoms with Crippen LogP contribution in [0, 0.1) is 12.7 Å². The molecule has 5 N–H and O–H groups in total. The largest absolute Gasteiger partial charge is 0.510 e. The van der Waals surface area contributed by atoms with E-state index in [1.165, 1.54) is 38.1 Å². The molecule has 0 saturated carbocycles. The average Bonchev–Trinajstić information content (AvgIpc) is 1.58. The zero-order valence-electron chi connectivity index (χ0n) is 65.1. The number of rotatable bonds is 9. The first kappa shape index (κ1) is 101. The van der Waals surface area contributed by atoms with Gasteiger partial charge < -0.3 is 77.2 Å². The number of pyridine rings is 1. The number of imide groups is 2. The molecule has 6 heterocycles. The number of nitrogen functional groups attached to an aromatic ring is 1. The number of aromatic nitrogens is 1. The van der Waals surface area contributed by atoms with Gasteiger partial charge in [0, 0.05) is 53.8 Å². The highest BCUT2D eigenvalue weighted by Crippen LogP contribution is 2.43. The molecule has 5 aliphatic heterocycles. The van der Waals surface area contributed by atoms with Crippen LogP contribution in [-0.2, 0) is 90.0 Å². The second-order valence-electron chi connectivity index (χ2n) is 30.6. The fraction of sp³-hybridized carbons (Fsp3) is 0.569. The van der Waals surface area contributed by atoms with Gasteiger partial charge in [-0.15, -0.1) is 0 Å². The van der Waals surface area contributed by atoms with Crippen molar-refractivity contribution in [2.24, 2.45) is 0 Å². The molecule has 37 heteroatoms. The minimum atomic E-state index is -4.07. The van der Waals surface area contributed by atoms with Gasteiger partial charge in [0.05, 0.1) is 47.2 Å². The summed E-state index contributed by atoms with van der Waals surface area (Å²) in [7, 11) is -5.02. The lowest BCUT2D eigenvalue weighted by molar-refractivity contribution is -0.231. The Bertz CT molecular complexity index is 3820. The molecule has 0 spiro atoms. The first-order valence-electron chi connectivity index (χ1n) is 33.1. The number of aliphatic carboxylic acids is 1. The molecule has 1 aromatic heterocycles. The van der Waals surface area contributed by atoms with E-state index < -0.39 is 124 Å². The smallest absolute Gasteiger partial charge is 0.488 e. The molecule has 0 atom stereocenters. The number of esters is 3. The van der Waals surface area contributed by atoms with Gasteiger partial charge >= 0.3 is 71.7 Å². The first-order chi connectivity index (χ1) is 48.3. The number of aliphatic hydroxyl groups excluding tert-OH is 1. The molecule has 8 rings (SSSR count). The number of carboxylic acid groups (broad SMARTS) is 1. The van der Waals surface area contributed by atoms with Crippen LogP contribution in [0.15, 0.2) is 87.8 Å². The Hall–Kier alpha value is -8.41. The van der Waals surface area contributed by atoms with Crippen molar-refractivity contribution in [3.05, 3.63) is 99.8 Å². The van der Waals surface area contributed by atoms with Crippen LogP contribution in [0.25, 0.3) is 11.1 Å². The highest BCUT2D eigenvalue weighted by molar-refractivity contribution is 9.10. The quantitative estimate of drug-likeness (QED) is 0.0386. The summed E-state index contributed by atoms with van der Waals surface area (Å²) >= 11 is 8.11. The van der Waals surface area contributed by atoms with Crippen LogP contribution in [-0.4, -0.2) is 183 Å². The fourth-order valence-electron chi connectivity index (χ4n) is 8.16. The predicted molar refractivity (Wildman–Crippen MR) is 407 cm³/mol. The monoisotopic (exact) mass is 1650 g/mol. The molecule has 31 nitrogen and oxygen atoms in total. The number of benzene rings is 2. The number of halogens is 3. The van der Waals surface area contributed by atoms with Gasteiger partial charge in [0.2, 0.25) is 0 Å². The normalized spacial score (nSPS) is 17.0. The molecule has 3 saturated heterocycles. The lowest BCUT2D eigenvalue weighted by atomic mass is 9.49. The van der Waals surface area contributed by atoms with Crippen LogP contribution in [0.4, 0.5) is 29.4 Å². The van der Waals surface area contributed by atoms with Gasteiger partial charge in [-0.05, 0) is 211 Å². The number of hydrogen-bond acceptors (Lipinski definition) is 27. The topological polar surface area (TPSA) is 413 Å². The highest BCUT2D eigenvalue weighted by atomic mass is 79.9. The van der Waals surface area contributed by atoms with E-state index in [1.54, 1.807) is 127 Å². The van der Waals surface area contributed by atoms with Crippen LogP contribution in [0.1, 0.15) is 203 Å². The molecule has 109 heavy (non-hydrogen) atoms. The Morgan fingerprint density at radius 2 is 1.10 bits per heavy atom. The summed E-state index contributed by atoms with van der Waals surface area (Å²) in [6, 6.07) is 12.1. The minimum absolute atomic E-state index is 0. The third-order valence-electron chi connectivity index (χ3n) is 14.2. The van der Waals surface area contributed by atoms with Crippen LogP contribution >= 0.6 is 27.5 Å². The van der Waals surface area contributed by atoms with Crippen molar-refractivity contribution in [1.82, 2.24) is 20.1 Å². The third-order valence-corrected chi connectivity index (χ3v) is 16.0. The number of alkyl carbamates (subject to hydrolysis) is 1. The number of aryl methyl sites for hydroxylation is 1. The van der Waals surface area contributed by atoms with Crippen LogP contribution in [0.5, 0.6) is 0 Å². The molecular formula is C72H108B2BrClFN5O26S. The van der Waals surface area contributed by atoms with E-state index >= 15 is 0 Å². The SMILES string of the molecule is C.C.CC(C)(C)OC(=O)N1CC(O)=CC1=O.CC(C)(C)OC(=O)NCC(=O)O.CC(C)(C)OC(=O)c1ccc(-c2cc(Br)cnc2N)cc1F.CC(C)OC(=O)Cl.CC1(C)OB(B2OC(C)(C)C(C)(C)O2)OC1(C)C.CC1(C)OC(=O)CC(=O)O1.Cc1ccc(S(=O)(=O)OC2=CC(=O)N(C(=O)OC(C)(C)C)C2)cc1. The number of carbonyl (C=O) groups is 10. The number of hydrogen-bond donors (Lipinski definition) is 4. The maximum atomic E-state index is 14.2. The molecule has 0 radical (unpaired) electrons. The molecular weight excluding hydrogens is 1540 g/mol. The van der Waals surface area contributed by atoms with E-state index in [-0.39, 0.29) is 90.7 Å². The lowest BCUT2D eigenvalue weighted by Gasteiger charge is -2.32. The summed E-state index contributed by atoms with van der Waals surface area (Å²) in [6.07, 6.45) is 0.848. The number of carbonyl (C=O) groups excluding carboxylic acids is 9. The Kier molecular flexibility index (Phi) is 36.9. The van der Waals surface area contributed by atoms with Gasteiger partial charge in [0.1, 0.15) is 63.4 Å². The fourth-order valence-corrected chi connectivity index (χ4v) is 9.61. The summed E-state index contributed by atoms with van der Waals surface area (Å²) in [5, 5.41) is 19.3. The van der Waals surface area contributed by atoms with Crippen molar-refractivity contribution in [2.45, 2.75) is 256 Å². The highest BCUT2D eigenvalue weighted by Gasteiger charge is 2.64. The van der Waals surface area contributed by atoms with Crippen molar-refractivity contribution in [1.29, 1.82) is 0 Å². The number of nitrogens with zero attached hydrogens (tertiary/aromatic N) is 3. The summed E-state index contributed by atoms with van der Waals surface area (Å²) in [6.45, 7) is 44.1. The zero-order valence-corrected chi connectivity index (χ0v) is 68.2. The predicted octanol–water partition coefficient (Wildman–Crippen LogP) is 13.9. The second-order valence-corrected chi connectivity index (χ2v) is 33.4. The Labute approximate surface area is 652 Å². The van der Waals surface area contributed by atoms with Gasteiger partial charge in [-0.1, -0.05) is 38.6 Å². The molecule has 5 aliphatic rings. The Balaban J connectivity index is 0.00000128. The van der Waals surface area contributed by atoms with E-state index in [2.05, 4.69) is 40.4 Å². The number of carboxylic acids is 1. The van der Waals surface area contributed by atoms with E-state index in [0.717, 1.165) is 32.0 Å². The molecule has 0 unspecified atom stereocenters. The lowest BCUT2D eigenvalue weighted by Crippen LogP contribution is -2.41. The van der Waals surface area contributed by atoms with Crippen LogP contribution in [0.2, 0.25) is 0 Å². The van der Waals surface area contributed by atoms with Crippen LogP contribution in [0.3, 0.4) is 0 Å². The number of amides is 5. The molecule has 5 amide bonds. The standard InChI is InChI=1S/C16H16BrFN2O2.C16H19NO6S.C12H24B2O4.C9H13NO4.C7H13NO4.C6H8O4.C4H7ClO2.2CH4/c1-16(2,3)22-15(21)11-5-4-9(6-13(11)18)12-7-10(17)8-20-14(12)19;1-11-5-7-13(8-6-11)24(20,21)23-12-9-14(18)17(10-12)15(19)22-16(2,3)4;1-9(2)10(3,4)16-13(15-9)14-17-11(5,6)12(7,8)18-14;1-9(2,3)14-8(13)10-5-6(11)4-7(10)12;1-7(2,3)12-6(11)8-4-5(9)10;1-6(2)9-4(7)3-5(8)10-6;1-3(2)7-4(5)6;;/h4-8H,1-3H3,(H2,19,20);5-9H,10H2,1-4H3;1-8H3;4,11H,5H2,1-3H3;4H2,1-3H3,(H,8,11)(H,9,10);3H2,1-2H3;3H,1-2H3;2*1H4. The van der Waals surface area contributed by atoms with Gasteiger partial charge in [-0.2, -0.15) is 8.42 Å². The number of nitrogens with one attached hydrogen (secondary N) is 1. The van der Waals surface area contributed by atoms with Gasteiger partial charge in [0.25, 0.3) is 17.6 Å². The van der Waals surface area contributed by atoms with Crippen molar-refractivity contribution in [2.75, 3.05) is 25.4 Å². The van der Waals surface area contributed by atoms with E-state index in [0.29, 0.717) is 11.1 Å². The van der Waals surface area contributed by atoms with E-state index in [9.17, 15) is 60.8 Å². The van der Waals surface area contributed by atoms with Crippen molar-refractivity contribution in [3.8, 4) is 11.1 Å². The molecule has 2 aromatic carbocycles. The second kappa shape index (κ2) is 40.0. The number of cyclic esters (lactones) is 2. The summed E-state index contributed by atoms with van der Waals surface area (Å²) in [5.41, 5.74) is 2.86. The Morgan fingerprint density at radius 1 is 0.679 bits per heavy atom. The average molecular weight is 1650 g/mol. The first-order valence-corrected chi connectivity index (χ1v) is 35.7. The van der Waals surface area contributed by atoms with E-state index in [4.69, 9.17) is 69.3 Å². The Morgan fingerprint density at radius 3 is 1.46 bits per heavy atom. The summed E-state index contributed by atoms with van der Waals surface area (Å²) in [5.74, 6) is -5.78. The maximum absolute atomic E-state index is 14.2. The molecule has 0 aliphatic carbocycles. The van der Waals surface area contributed by atoms with Gasteiger partial charge in [0.15, 0.2) is 0 Å². The van der Waals surface area contributed by atoms with Crippen molar-refractivity contribution in [3.63, 3.8) is 0 Å². The van der Waals surface area contributed by atoms with Crippen molar-refractivity contribution >= 4 is 117 Å². The minimum Gasteiger partial charge on any atom is -0.510 e. The number of ether oxygens (including phenoxy) is 7. The zero-order chi connectivity index (χ0) is 82.9. The molecule has 3 fully saturated rings. The summed E-state index contributed by atoms with van der Waals surface area (Å²) < 4.78 is 102. The maximum Gasteiger partial charge on any atom is 0.488 e. The number of anilines is 1. The third kappa shape index (κ3) is 35.4. The molecule has 0 bridgehead atoms. The van der Waals surface area contributed by atoms with Crippen LogP contribution < -0.4 is 11.1 Å². The number of aliphatic hydroxyl groups is 1. The number of nitrogens with two attached hydrogens (primary N) is 1. The summed E-state index contributed by atoms with van der Waals surface area (Å²) in [4.78, 5) is 115. The van der Waals surface area contributed by atoms with Gasteiger partial charge in [-0.3, -0.25) is 24.0 Å². The molecule has 3 aromatic rings. The molecule has 610 valence electrons. The van der Waals surface area contributed by atoms with Crippen molar-refractivity contribution < 1.29 is 127 Å².